The SMILES string of the molecule is Cc1nn(C)c(Cl)c1C=CC(=O)N1C[C@H](O)C[C@@H]1C(=O)O. The molecule has 2 rings (SSSR count). The number of aromatic nitrogens is 2. The van der Waals surface area contributed by atoms with Crippen molar-refractivity contribution in [3.63, 3.8) is 0 Å². The Morgan fingerprint density at radius 2 is 2.14 bits per heavy atom. The van der Waals surface area contributed by atoms with E-state index in [-0.39, 0.29) is 13.0 Å². The van der Waals surface area contributed by atoms with Crippen LogP contribution in [0, 0.1) is 6.92 Å². The van der Waals surface area contributed by atoms with Gasteiger partial charge in [-0.15, -0.1) is 0 Å². The Kier molecular flexibility index (Phi) is 4.34. The number of aliphatic hydroxyl groups excluding tert-OH is 1. The molecule has 0 aromatic carbocycles. The number of β-amino-alcohol motifs (C(OH)–C–C–N with tert-alkyl or cyclic N) is 1. The molecule has 114 valence electrons. The van der Waals surface area contributed by atoms with Crippen LogP contribution in [-0.2, 0) is 16.6 Å². The standard InChI is InChI=1S/C13H16ClN3O4/c1-7-9(12(14)16(2)15-7)3-4-11(19)17-6-8(18)5-10(17)13(20)21/h3-4,8,10,18H,5-6H2,1-2H3,(H,20,21)/t8-,10-/m1/s1. The van der Waals surface area contributed by atoms with Crippen molar-refractivity contribution in [3.8, 4) is 0 Å². The number of carboxylic acid groups (broad SMARTS) is 1. The molecule has 0 saturated carbocycles. The van der Waals surface area contributed by atoms with Crippen LogP contribution in [0.2, 0.25) is 5.15 Å². The molecule has 2 atom stereocenters. The number of rotatable bonds is 3. The molecule has 8 heteroatoms. The molecule has 21 heavy (non-hydrogen) atoms. The van der Waals surface area contributed by atoms with E-state index in [9.17, 15) is 14.7 Å². The first-order valence-electron chi connectivity index (χ1n) is 6.40. The minimum atomic E-state index is -1.12. The Morgan fingerprint density at radius 1 is 1.48 bits per heavy atom. The number of hydrogen-bond acceptors (Lipinski definition) is 4. The van der Waals surface area contributed by atoms with Gasteiger partial charge < -0.3 is 15.1 Å². The van der Waals surface area contributed by atoms with Crippen molar-refractivity contribution in [2.24, 2.45) is 7.05 Å². The van der Waals surface area contributed by atoms with Crippen molar-refractivity contribution < 1.29 is 19.8 Å². The maximum atomic E-state index is 12.1. The minimum Gasteiger partial charge on any atom is -0.480 e. The number of halogens is 1. The molecule has 2 heterocycles. The van der Waals surface area contributed by atoms with Gasteiger partial charge >= 0.3 is 5.97 Å². The molecule has 0 bridgehead atoms. The van der Waals surface area contributed by atoms with Crippen LogP contribution in [0.3, 0.4) is 0 Å². The predicted molar refractivity (Wildman–Crippen MR) is 75.7 cm³/mol. The van der Waals surface area contributed by atoms with Gasteiger partial charge in [-0.25, -0.2) is 4.79 Å². The summed E-state index contributed by atoms with van der Waals surface area (Å²) < 4.78 is 1.49. The van der Waals surface area contributed by atoms with Crippen molar-refractivity contribution in [1.82, 2.24) is 14.7 Å². The fourth-order valence-electron chi connectivity index (χ4n) is 2.38. The first-order valence-corrected chi connectivity index (χ1v) is 6.77. The zero-order valence-corrected chi connectivity index (χ0v) is 12.4. The van der Waals surface area contributed by atoms with Crippen molar-refractivity contribution in [2.45, 2.75) is 25.5 Å². The van der Waals surface area contributed by atoms with Crippen LogP contribution in [0.25, 0.3) is 6.08 Å². The van der Waals surface area contributed by atoms with Gasteiger partial charge in [0.2, 0.25) is 5.91 Å². The van der Waals surface area contributed by atoms with Crippen LogP contribution in [-0.4, -0.2) is 55.5 Å². The highest BCUT2D eigenvalue weighted by molar-refractivity contribution is 6.31. The minimum absolute atomic E-state index is 0.0138. The van der Waals surface area contributed by atoms with Gasteiger partial charge in [-0.1, -0.05) is 11.6 Å². The van der Waals surface area contributed by atoms with E-state index in [2.05, 4.69) is 5.10 Å². The highest BCUT2D eigenvalue weighted by Crippen LogP contribution is 2.22. The van der Waals surface area contributed by atoms with Crippen LogP contribution in [0.15, 0.2) is 6.08 Å². The molecule has 0 aliphatic carbocycles. The van der Waals surface area contributed by atoms with Gasteiger partial charge in [0.1, 0.15) is 11.2 Å². The molecular formula is C13H16ClN3O4. The second-order valence-corrected chi connectivity index (χ2v) is 5.34. The van der Waals surface area contributed by atoms with Gasteiger partial charge in [0.25, 0.3) is 0 Å². The summed E-state index contributed by atoms with van der Waals surface area (Å²) in [7, 11) is 1.69. The quantitative estimate of drug-likeness (QED) is 0.790. The number of aliphatic carboxylic acids is 1. The lowest BCUT2D eigenvalue weighted by Crippen LogP contribution is -2.39. The zero-order valence-electron chi connectivity index (χ0n) is 11.7. The summed E-state index contributed by atoms with van der Waals surface area (Å²) in [6.45, 7) is 1.77. The van der Waals surface area contributed by atoms with E-state index in [1.165, 1.54) is 16.8 Å². The highest BCUT2D eigenvalue weighted by atomic mass is 35.5. The second-order valence-electron chi connectivity index (χ2n) is 4.98. The Bertz CT molecular complexity index is 611. The van der Waals surface area contributed by atoms with Crippen molar-refractivity contribution >= 4 is 29.6 Å². The number of amides is 1. The summed E-state index contributed by atoms with van der Waals surface area (Å²) in [6.07, 6.45) is 1.99. The van der Waals surface area contributed by atoms with Crippen LogP contribution in [0.1, 0.15) is 17.7 Å². The maximum absolute atomic E-state index is 12.1. The number of nitrogens with zero attached hydrogens (tertiary/aromatic N) is 3. The molecule has 1 amide bonds. The molecular weight excluding hydrogens is 298 g/mol. The lowest BCUT2D eigenvalue weighted by atomic mass is 10.2. The van der Waals surface area contributed by atoms with E-state index in [0.717, 1.165) is 4.90 Å². The average molecular weight is 314 g/mol. The van der Waals surface area contributed by atoms with Gasteiger partial charge in [-0.3, -0.25) is 9.48 Å². The number of aliphatic hydroxyl groups is 1. The van der Waals surface area contributed by atoms with E-state index in [4.69, 9.17) is 16.7 Å². The molecule has 0 unspecified atom stereocenters. The Labute approximate surface area is 126 Å². The van der Waals surface area contributed by atoms with Crippen molar-refractivity contribution in [3.05, 3.63) is 22.5 Å². The molecule has 0 radical (unpaired) electrons. The fraction of sp³-hybridized carbons (Fsp3) is 0.462. The number of aryl methyl sites for hydroxylation is 2. The van der Waals surface area contributed by atoms with Crippen LogP contribution in [0.5, 0.6) is 0 Å². The molecule has 1 fully saturated rings. The van der Waals surface area contributed by atoms with Crippen LogP contribution >= 0.6 is 11.6 Å². The number of carbonyl (C=O) groups is 2. The van der Waals surface area contributed by atoms with Crippen molar-refractivity contribution in [1.29, 1.82) is 0 Å². The van der Waals surface area contributed by atoms with Gasteiger partial charge in [0, 0.05) is 31.7 Å². The van der Waals surface area contributed by atoms with E-state index >= 15 is 0 Å². The van der Waals surface area contributed by atoms with Gasteiger partial charge in [-0.2, -0.15) is 5.10 Å². The summed E-state index contributed by atoms with van der Waals surface area (Å²) in [5.74, 6) is -1.60. The topological polar surface area (TPSA) is 95.7 Å². The summed E-state index contributed by atoms with van der Waals surface area (Å²) >= 11 is 6.05. The third-order valence-corrected chi connectivity index (χ3v) is 3.88. The first kappa shape index (κ1) is 15.5. The first-order chi connectivity index (χ1) is 9.81. The Hall–Kier alpha value is -1.86. The third kappa shape index (κ3) is 3.08. The Balaban J connectivity index is 2.17. The van der Waals surface area contributed by atoms with Gasteiger partial charge in [-0.05, 0) is 13.0 Å². The molecule has 7 nitrogen and oxygen atoms in total. The summed E-state index contributed by atoms with van der Waals surface area (Å²) in [6, 6.07) is -0.998. The second kappa shape index (κ2) is 5.87. The summed E-state index contributed by atoms with van der Waals surface area (Å²) in [5, 5.41) is 23.1. The van der Waals surface area contributed by atoms with Crippen LogP contribution in [0.4, 0.5) is 0 Å². The van der Waals surface area contributed by atoms with Gasteiger partial charge in [0.05, 0.1) is 11.8 Å². The molecule has 1 aliphatic heterocycles. The van der Waals surface area contributed by atoms with E-state index in [1.807, 2.05) is 0 Å². The number of carbonyl (C=O) groups excluding carboxylic acids is 1. The smallest absolute Gasteiger partial charge is 0.326 e. The fourth-order valence-corrected chi connectivity index (χ4v) is 2.62. The molecule has 2 N–H and O–H groups in total. The van der Waals surface area contributed by atoms with E-state index < -0.39 is 24.0 Å². The summed E-state index contributed by atoms with van der Waals surface area (Å²) in [4.78, 5) is 24.3. The lowest BCUT2D eigenvalue weighted by Gasteiger charge is -2.19. The van der Waals surface area contributed by atoms with Crippen LogP contribution < -0.4 is 0 Å². The number of carboxylic acids is 1. The summed E-state index contributed by atoms with van der Waals surface area (Å²) in [5.41, 5.74) is 1.28. The maximum Gasteiger partial charge on any atom is 0.326 e. The highest BCUT2D eigenvalue weighted by Gasteiger charge is 2.38. The largest absolute Gasteiger partial charge is 0.480 e. The van der Waals surface area contributed by atoms with Gasteiger partial charge in [0.15, 0.2) is 0 Å². The predicted octanol–water partition coefficient (Wildman–Crippen LogP) is 0.442. The molecule has 0 spiro atoms. The zero-order chi connectivity index (χ0) is 15.7. The lowest BCUT2D eigenvalue weighted by molar-refractivity contribution is -0.146. The molecule has 1 aromatic rings. The number of hydrogen-bond donors (Lipinski definition) is 2. The molecule has 1 aromatic heterocycles. The molecule has 1 aliphatic rings. The van der Waals surface area contributed by atoms with E-state index in [1.54, 1.807) is 14.0 Å². The average Bonchev–Trinajstić information content (AvgIpc) is 2.90. The normalized spacial score (nSPS) is 22.2. The van der Waals surface area contributed by atoms with Crippen molar-refractivity contribution in [2.75, 3.05) is 6.54 Å². The van der Waals surface area contributed by atoms with E-state index in [0.29, 0.717) is 16.4 Å². The Morgan fingerprint density at radius 3 is 2.67 bits per heavy atom. The monoisotopic (exact) mass is 313 g/mol. The molecule has 1 saturated heterocycles. The third-order valence-electron chi connectivity index (χ3n) is 3.44. The number of likely N-dealkylation sites (tertiary alicyclic amines) is 1.